The van der Waals surface area contributed by atoms with Crippen molar-refractivity contribution >= 4 is 17.7 Å². The molecule has 2 aromatic carbocycles. The number of benzene rings is 2. The molecule has 6 nitrogen and oxygen atoms in total. The Morgan fingerprint density at radius 2 is 1.85 bits per heavy atom. The van der Waals surface area contributed by atoms with E-state index in [9.17, 15) is 9.59 Å². The molecule has 7 heteroatoms. The summed E-state index contributed by atoms with van der Waals surface area (Å²) >= 11 is 1.38. The van der Waals surface area contributed by atoms with E-state index in [1.807, 2.05) is 24.3 Å². The number of nitrogens with one attached hydrogen (secondary N) is 1. The van der Waals surface area contributed by atoms with Gasteiger partial charge < -0.3 is 14.8 Å². The van der Waals surface area contributed by atoms with Crippen LogP contribution in [0.15, 0.2) is 64.5 Å². The Morgan fingerprint density at radius 3 is 2.46 bits per heavy atom. The molecule has 1 heterocycles. The van der Waals surface area contributed by atoms with Crippen LogP contribution in [0.5, 0.6) is 5.75 Å². The first-order valence-corrected chi connectivity index (χ1v) is 8.74. The highest BCUT2D eigenvalue weighted by atomic mass is 32.2. The fourth-order valence-corrected chi connectivity index (χ4v) is 3.14. The van der Waals surface area contributed by atoms with Crippen LogP contribution in [0, 0.1) is 0 Å². The molecule has 0 atom stereocenters. The van der Waals surface area contributed by atoms with Gasteiger partial charge in [-0.25, -0.2) is 9.78 Å². The second-order valence-corrected chi connectivity index (χ2v) is 6.42. The first-order valence-electron chi connectivity index (χ1n) is 7.76. The molecule has 0 aliphatic carbocycles. The molecule has 0 bridgehead atoms. The highest BCUT2D eigenvalue weighted by Gasteiger charge is 2.07. The molecule has 0 amide bonds. The Labute approximate surface area is 153 Å². The Balaban J connectivity index is 1.76. The van der Waals surface area contributed by atoms with Gasteiger partial charge >= 0.3 is 5.97 Å². The Morgan fingerprint density at radius 1 is 1.15 bits per heavy atom. The average molecular weight is 368 g/mol. The summed E-state index contributed by atoms with van der Waals surface area (Å²) in [7, 11) is 1.60. The average Bonchev–Trinajstić information content (AvgIpc) is 2.66. The lowest BCUT2D eigenvalue weighted by molar-refractivity contribution is 0.0697. The topological polar surface area (TPSA) is 92.3 Å². The van der Waals surface area contributed by atoms with E-state index in [-0.39, 0.29) is 11.1 Å². The smallest absolute Gasteiger partial charge is 0.335 e. The van der Waals surface area contributed by atoms with Crippen LogP contribution in [-0.2, 0) is 5.75 Å². The third-order valence-corrected chi connectivity index (χ3v) is 4.63. The molecule has 0 aliphatic rings. The fraction of sp³-hybridized carbons (Fsp3) is 0.105. The first-order chi connectivity index (χ1) is 12.5. The maximum absolute atomic E-state index is 11.9. The molecular formula is C19H16N2O4S. The highest BCUT2D eigenvalue weighted by Crippen LogP contribution is 2.23. The van der Waals surface area contributed by atoms with E-state index in [0.29, 0.717) is 16.6 Å². The van der Waals surface area contributed by atoms with Crippen LogP contribution in [0.2, 0.25) is 0 Å². The summed E-state index contributed by atoms with van der Waals surface area (Å²) in [4.78, 5) is 30.0. The largest absolute Gasteiger partial charge is 0.497 e. The van der Waals surface area contributed by atoms with Crippen LogP contribution in [-0.4, -0.2) is 28.2 Å². The minimum Gasteiger partial charge on any atom is -0.497 e. The number of nitrogens with zero attached hydrogens (tertiary/aromatic N) is 1. The molecule has 0 unspecified atom stereocenters. The summed E-state index contributed by atoms with van der Waals surface area (Å²) in [5.41, 5.74) is 2.36. The molecule has 1 aromatic heterocycles. The van der Waals surface area contributed by atoms with Gasteiger partial charge in [-0.1, -0.05) is 23.9 Å². The van der Waals surface area contributed by atoms with Gasteiger partial charge in [0.2, 0.25) is 0 Å². The van der Waals surface area contributed by atoms with Gasteiger partial charge in [-0.15, -0.1) is 0 Å². The van der Waals surface area contributed by atoms with Crippen molar-refractivity contribution in [2.45, 2.75) is 10.9 Å². The van der Waals surface area contributed by atoms with E-state index in [0.717, 1.165) is 16.9 Å². The van der Waals surface area contributed by atoms with Crippen molar-refractivity contribution in [1.82, 2.24) is 9.97 Å². The van der Waals surface area contributed by atoms with E-state index < -0.39 is 5.97 Å². The minimum atomic E-state index is -0.956. The summed E-state index contributed by atoms with van der Waals surface area (Å²) in [5, 5.41) is 9.43. The molecule has 0 saturated heterocycles. The van der Waals surface area contributed by atoms with Gasteiger partial charge in [0, 0.05) is 17.4 Å². The van der Waals surface area contributed by atoms with Crippen molar-refractivity contribution < 1.29 is 14.6 Å². The van der Waals surface area contributed by atoms with Gasteiger partial charge in [0.1, 0.15) is 5.75 Å². The van der Waals surface area contributed by atoms with Gasteiger partial charge in [0.15, 0.2) is 5.16 Å². The van der Waals surface area contributed by atoms with Gasteiger partial charge in [0.25, 0.3) is 5.56 Å². The zero-order valence-corrected chi connectivity index (χ0v) is 14.7. The molecule has 0 saturated carbocycles. The second kappa shape index (κ2) is 7.88. The maximum atomic E-state index is 11.9. The van der Waals surface area contributed by atoms with Crippen LogP contribution in [0.1, 0.15) is 15.9 Å². The van der Waals surface area contributed by atoms with Crippen molar-refractivity contribution in [3.05, 3.63) is 76.1 Å². The lowest BCUT2D eigenvalue weighted by Gasteiger charge is -2.06. The summed E-state index contributed by atoms with van der Waals surface area (Å²) in [6.45, 7) is 0. The number of H-pyrrole nitrogens is 1. The first kappa shape index (κ1) is 17.8. The number of carbonyl (C=O) groups is 1. The van der Waals surface area contributed by atoms with E-state index in [2.05, 4.69) is 9.97 Å². The van der Waals surface area contributed by atoms with Crippen molar-refractivity contribution in [3.8, 4) is 17.0 Å². The summed E-state index contributed by atoms with van der Waals surface area (Å²) in [6.07, 6.45) is 0. The highest BCUT2D eigenvalue weighted by molar-refractivity contribution is 7.98. The van der Waals surface area contributed by atoms with Crippen LogP contribution >= 0.6 is 11.8 Å². The standard InChI is InChI=1S/C19H16N2O4S/c1-25-15-8-6-13(7-9-15)16-10-17(22)21-19(20-16)26-11-12-2-4-14(5-3-12)18(23)24/h2-10H,11H2,1H3,(H,23,24)(H,20,21,22). The zero-order valence-electron chi connectivity index (χ0n) is 13.9. The van der Waals surface area contributed by atoms with Crippen LogP contribution in [0.25, 0.3) is 11.3 Å². The molecule has 0 aliphatic heterocycles. The van der Waals surface area contributed by atoms with Gasteiger partial charge in [0.05, 0.1) is 18.4 Å². The van der Waals surface area contributed by atoms with Gasteiger partial charge in [-0.2, -0.15) is 0 Å². The number of carboxylic acid groups (broad SMARTS) is 1. The third kappa shape index (κ3) is 4.31. The number of rotatable bonds is 6. The van der Waals surface area contributed by atoms with E-state index in [4.69, 9.17) is 9.84 Å². The number of methoxy groups -OCH3 is 1. The monoisotopic (exact) mass is 368 g/mol. The Hall–Kier alpha value is -3.06. The number of aromatic carboxylic acids is 1. The van der Waals surface area contributed by atoms with Crippen molar-refractivity contribution in [1.29, 1.82) is 0 Å². The van der Waals surface area contributed by atoms with E-state index >= 15 is 0 Å². The number of ether oxygens (including phenoxy) is 1. The lowest BCUT2D eigenvalue weighted by Crippen LogP contribution is -2.08. The molecule has 26 heavy (non-hydrogen) atoms. The second-order valence-electron chi connectivity index (χ2n) is 5.46. The number of hydrogen-bond donors (Lipinski definition) is 2. The zero-order chi connectivity index (χ0) is 18.5. The van der Waals surface area contributed by atoms with Crippen molar-refractivity contribution in [3.63, 3.8) is 0 Å². The number of carboxylic acids is 1. The van der Waals surface area contributed by atoms with Gasteiger partial charge in [-0.3, -0.25) is 4.79 Å². The molecule has 0 spiro atoms. The Kier molecular flexibility index (Phi) is 5.38. The van der Waals surface area contributed by atoms with Crippen LogP contribution < -0.4 is 10.3 Å². The molecule has 3 rings (SSSR count). The van der Waals surface area contributed by atoms with Crippen LogP contribution in [0.4, 0.5) is 0 Å². The van der Waals surface area contributed by atoms with Crippen molar-refractivity contribution in [2.75, 3.05) is 7.11 Å². The van der Waals surface area contributed by atoms with Crippen molar-refractivity contribution in [2.24, 2.45) is 0 Å². The summed E-state index contributed by atoms with van der Waals surface area (Å²) in [5.74, 6) is 0.343. The van der Waals surface area contributed by atoms with E-state index in [1.54, 1.807) is 31.4 Å². The maximum Gasteiger partial charge on any atom is 0.335 e. The number of thioether (sulfide) groups is 1. The van der Waals surface area contributed by atoms with Crippen LogP contribution in [0.3, 0.4) is 0 Å². The fourth-order valence-electron chi connectivity index (χ4n) is 2.31. The number of aromatic nitrogens is 2. The molecule has 132 valence electrons. The summed E-state index contributed by atoms with van der Waals surface area (Å²) in [6, 6.07) is 15.4. The lowest BCUT2D eigenvalue weighted by atomic mass is 10.1. The summed E-state index contributed by atoms with van der Waals surface area (Å²) < 4.78 is 5.13. The molecule has 2 N–H and O–H groups in total. The quantitative estimate of drug-likeness (QED) is 0.511. The predicted molar refractivity (Wildman–Crippen MR) is 99.8 cm³/mol. The molecule has 0 radical (unpaired) electrons. The van der Waals surface area contributed by atoms with E-state index in [1.165, 1.54) is 17.8 Å². The third-order valence-electron chi connectivity index (χ3n) is 3.68. The normalized spacial score (nSPS) is 10.5. The Bertz CT molecular complexity index is 966. The predicted octanol–water partition coefficient (Wildman–Crippen LogP) is 3.44. The molecular weight excluding hydrogens is 352 g/mol. The molecule has 3 aromatic rings. The molecule has 0 fully saturated rings. The van der Waals surface area contributed by atoms with Gasteiger partial charge in [-0.05, 0) is 42.0 Å². The minimum absolute atomic E-state index is 0.227. The number of hydrogen-bond acceptors (Lipinski definition) is 5. The SMILES string of the molecule is COc1ccc(-c2cc(=O)[nH]c(SCc3ccc(C(=O)O)cc3)n2)cc1. The number of aromatic amines is 1.